The molecule has 0 saturated carbocycles. The lowest BCUT2D eigenvalue weighted by Crippen LogP contribution is -2.01. The first-order chi connectivity index (χ1) is 55.5. The second kappa shape index (κ2) is 27.5. The Kier molecular flexibility index (Phi) is 16.0. The van der Waals surface area contributed by atoms with Gasteiger partial charge in [-0.05, 0) is 136 Å². The minimum absolute atomic E-state index is 0.601. The molecule has 0 spiro atoms. The summed E-state index contributed by atoms with van der Waals surface area (Å²) in [7, 11) is 0. The lowest BCUT2D eigenvalue weighted by atomic mass is 9.91. The number of rotatable bonds is 12. The number of nitrogens with zero attached hydrogens (tertiary/aromatic N) is 8. The molecule has 524 valence electrons. The van der Waals surface area contributed by atoms with Gasteiger partial charge in [-0.25, -0.2) is 29.9 Å². The molecule has 10 nitrogen and oxygen atoms in total. The zero-order valence-electron chi connectivity index (χ0n) is 60.3. The van der Waals surface area contributed by atoms with Gasteiger partial charge in [-0.3, -0.25) is 0 Å². The molecule has 112 heavy (non-hydrogen) atoms. The van der Waals surface area contributed by atoms with E-state index in [0.29, 0.717) is 34.9 Å². The standard InChI is InChI=1S/2C51H32N4O/c1-5-16-33(17-6-1)36-28-29-38(42(32-36)51-53-49(34-18-7-2-8-19-34)52-50(54-51)35-20-9-3-10-21-35)39-25-15-27-45-46(39)41-30-31-44-47(48(41)56-45)40-24-13-14-26-43(40)55(44)37-22-11-4-12-23-37;1-5-15-33(16-6-1)36-25-27-39(43(31-36)51-53-49(34-17-7-2-8-18-34)52-50(54-51)35-19-9-3-10-20-35)37-26-30-46-42(32-37)40-28-29-45-47(48(40)56-46)41-23-13-14-24-44(41)55(45)38-21-11-4-12-22-38/h2*1-32H. The van der Waals surface area contributed by atoms with Gasteiger partial charge in [-0.1, -0.05) is 297 Å². The first-order valence-corrected chi connectivity index (χ1v) is 37.6. The van der Waals surface area contributed by atoms with Crippen molar-refractivity contribution in [3.05, 3.63) is 388 Å². The van der Waals surface area contributed by atoms with Crippen molar-refractivity contribution in [2.75, 3.05) is 0 Å². The second-order valence-corrected chi connectivity index (χ2v) is 28.0. The SMILES string of the molecule is c1ccc(-c2ccc(-c3ccc4oc5c(ccc6c5c5ccccc5n6-c5ccccc5)c4c3)c(-c3nc(-c4ccccc4)nc(-c4ccccc4)n3)c2)cc1.c1ccc(-c2ccc(-c3cccc4oc5c(ccc6c5c5ccccc5n6-c5ccccc5)c34)c(-c3nc(-c4ccccc4)nc(-c4ccccc4)n3)c2)cc1. The normalized spacial score (nSPS) is 11.6. The van der Waals surface area contributed by atoms with Crippen molar-refractivity contribution in [1.29, 1.82) is 0 Å². The number of fused-ring (bicyclic) bond motifs is 14. The third kappa shape index (κ3) is 11.4. The minimum atomic E-state index is 0.601. The van der Waals surface area contributed by atoms with E-state index in [1.165, 1.54) is 0 Å². The zero-order chi connectivity index (χ0) is 74.0. The molecule has 0 N–H and O–H groups in total. The number of furan rings is 2. The summed E-state index contributed by atoms with van der Waals surface area (Å²) in [5, 5.41) is 8.76. The van der Waals surface area contributed by atoms with Crippen molar-refractivity contribution in [3.8, 4) is 124 Å². The van der Waals surface area contributed by atoms with E-state index in [2.05, 4.69) is 264 Å². The van der Waals surface area contributed by atoms with Crippen LogP contribution in [0.5, 0.6) is 0 Å². The molecule has 0 aliphatic carbocycles. The summed E-state index contributed by atoms with van der Waals surface area (Å²) in [6.45, 7) is 0. The maximum Gasteiger partial charge on any atom is 0.164 e. The quantitative estimate of drug-likeness (QED) is 0.119. The monoisotopic (exact) mass is 1430 g/mol. The van der Waals surface area contributed by atoms with Crippen molar-refractivity contribution < 1.29 is 8.83 Å². The van der Waals surface area contributed by atoms with Gasteiger partial charge in [0.25, 0.3) is 0 Å². The predicted molar refractivity (Wildman–Crippen MR) is 457 cm³/mol. The largest absolute Gasteiger partial charge is 0.455 e. The Morgan fingerprint density at radius 2 is 0.545 bits per heavy atom. The Labute approximate surface area is 643 Å². The van der Waals surface area contributed by atoms with Crippen LogP contribution in [0.25, 0.3) is 212 Å². The number of aromatic nitrogens is 8. The zero-order valence-corrected chi connectivity index (χ0v) is 60.3. The van der Waals surface area contributed by atoms with Crippen LogP contribution in [0.15, 0.2) is 397 Å². The second-order valence-electron chi connectivity index (χ2n) is 28.0. The van der Waals surface area contributed by atoms with Gasteiger partial charge in [0.1, 0.15) is 22.3 Å². The summed E-state index contributed by atoms with van der Waals surface area (Å²) in [6, 6.07) is 135. The molecule has 22 aromatic rings. The summed E-state index contributed by atoms with van der Waals surface area (Å²) in [6.07, 6.45) is 0. The predicted octanol–water partition coefficient (Wildman–Crippen LogP) is 26.4. The average Bonchev–Trinajstić information content (AvgIpc) is 1.56. The molecular formula is C102H64N8O2. The highest BCUT2D eigenvalue weighted by atomic mass is 16.3. The molecule has 6 heterocycles. The molecule has 0 saturated heterocycles. The molecule has 0 atom stereocenters. The molecule has 0 unspecified atom stereocenters. The Morgan fingerprint density at radius 3 is 1.01 bits per heavy atom. The third-order valence-electron chi connectivity index (χ3n) is 21.3. The van der Waals surface area contributed by atoms with Crippen molar-refractivity contribution in [3.63, 3.8) is 0 Å². The molecule has 0 fully saturated rings. The molecule has 0 amide bonds. The molecule has 22 rings (SSSR count). The summed E-state index contributed by atoms with van der Waals surface area (Å²) in [4.78, 5) is 30.7. The minimum Gasteiger partial charge on any atom is -0.455 e. The van der Waals surface area contributed by atoms with Crippen LogP contribution in [0, 0.1) is 0 Å². The highest BCUT2D eigenvalue weighted by Crippen LogP contribution is 2.48. The molecule has 10 heteroatoms. The Hall–Kier alpha value is -15.3. The molecular weight excluding hydrogens is 1370 g/mol. The maximum absolute atomic E-state index is 6.92. The summed E-state index contributed by atoms with van der Waals surface area (Å²) in [5.74, 6) is 3.70. The van der Waals surface area contributed by atoms with E-state index < -0.39 is 0 Å². The lowest BCUT2D eigenvalue weighted by Gasteiger charge is -2.15. The van der Waals surface area contributed by atoms with Crippen LogP contribution >= 0.6 is 0 Å². The maximum atomic E-state index is 6.92. The van der Waals surface area contributed by atoms with Gasteiger partial charge in [-0.2, -0.15) is 0 Å². The van der Waals surface area contributed by atoms with E-state index in [0.717, 1.165) is 177 Å². The van der Waals surface area contributed by atoms with E-state index in [1.807, 2.05) is 133 Å². The van der Waals surface area contributed by atoms with Crippen molar-refractivity contribution in [1.82, 2.24) is 39.0 Å². The van der Waals surface area contributed by atoms with E-state index in [-0.39, 0.29) is 0 Å². The molecule has 6 aromatic heterocycles. The van der Waals surface area contributed by atoms with E-state index in [1.54, 1.807) is 0 Å². The summed E-state index contributed by atoms with van der Waals surface area (Å²) in [5.41, 5.74) is 24.2. The Morgan fingerprint density at radius 1 is 0.179 bits per heavy atom. The van der Waals surface area contributed by atoms with Gasteiger partial charge in [0.15, 0.2) is 34.9 Å². The first-order valence-electron chi connectivity index (χ1n) is 37.6. The fourth-order valence-corrected chi connectivity index (χ4v) is 16.1. The Balaban J connectivity index is 0.000000141. The van der Waals surface area contributed by atoms with Crippen LogP contribution in [-0.4, -0.2) is 39.0 Å². The molecule has 0 aliphatic heterocycles. The number of hydrogen-bond acceptors (Lipinski definition) is 8. The third-order valence-corrected chi connectivity index (χ3v) is 21.3. The van der Waals surface area contributed by atoms with Gasteiger partial charge in [-0.15, -0.1) is 0 Å². The van der Waals surface area contributed by atoms with E-state index >= 15 is 0 Å². The number of hydrogen-bond donors (Lipinski definition) is 0. The van der Waals surface area contributed by atoms with Crippen LogP contribution in [-0.2, 0) is 0 Å². The van der Waals surface area contributed by atoms with Gasteiger partial charge in [0.05, 0.1) is 32.8 Å². The fourth-order valence-electron chi connectivity index (χ4n) is 16.1. The van der Waals surface area contributed by atoms with Crippen LogP contribution in [0.2, 0.25) is 0 Å². The average molecular weight is 1430 g/mol. The van der Waals surface area contributed by atoms with Crippen LogP contribution in [0.3, 0.4) is 0 Å². The highest BCUT2D eigenvalue weighted by molar-refractivity contribution is 6.27. The fraction of sp³-hybridized carbons (Fsp3) is 0. The summed E-state index contributed by atoms with van der Waals surface area (Å²) < 4.78 is 18.4. The molecule has 0 radical (unpaired) electrons. The van der Waals surface area contributed by atoms with Crippen molar-refractivity contribution >= 4 is 87.5 Å². The number of benzene rings is 16. The molecule has 16 aromatic carbocycles. The van der Waals surface area contributed by atoms with Crippen LogP contribution in [0.1, 0.15) is 0 Å². The van der Waals surface area contributed by atoms with E-state index in [4.69, 9.17) is 38.7 Å². The molecule has 0 bridgehead atoms. The van der Waals surface area contributed by atoms with Crippen LogP contribution in [0.4, 0.5) is 0 Å². The lowest BCUT2D eigenvalue weighted by molar-refractivity contribution is 0.672. The van der Waals surface area contributed by atoms with Gasteiger partial charge >= 0.3 is 0 Å². The van der Waals surface area contributed by atoms with Crippen molar-refractivity contribution in [2.45, 2.75) is 0 Å². The molecule has 0 aliphatic rings. The van der Waals surface area contributed by atoms with Gasteiger partial charge in [0, 0.05) is 77.1 Å². The topological polar surface area (TPSA) is 113 Å². The van der Waals surface area contributed by atoms with Gasteiger partial charge in [0.2, 0.25) is 0 Å². The first kappa shape index (κ1) is 65.1. The smallest absolute Gasteiger partial charge is 0.164 e. The van der Waals surface area contributed by atoms with Gasteiger partial charge < -0.3 is 18.0 Å². The summed E-state index contributed by atoms with van der Waals surface area (Å²) >= 11 is 0. The Bertz CT molecular complexity index is 7220. The van der Waals surface area contributed by atoms with E-state index in [9.17, 15) is 0 Å². The van der Waals surface area contributed by atoms with Crippen molar-refractivity contribution in [2.24, 2.45) is 0 Å². The van der Waals surface area contributed by atoms with Crippen LogP contribution < -0.4 is 0 Å². The number of para-hydroxylation sites is 4. The highest BCUT2D eigenvalue weighted by Gasteiger charge is 2.26.